The van der Waals surface area contributed by atoms with Crippen LogP contribution in [0.15, 0.2) is 36.4 Å². The molecule has 0 spiro atoms. The van der Waals surface area contributed by atoms with E-state index in [9.17, 15) is 0 Å². The van der Waals surface area contributed by atoms with Gasteiger partial charge in [-0.2, -0.15) is 0 Å². The molecule has 0 aliphatic carbocycles. The zero-order chi connectivity index (χ0) is 14.5. The molecule has 0 unspecified atom stereocenters. The predicted octanol–water partition coefficient (Wildman–Crippen LogP) is 4.63. The summed E-state index contributed by atoms with van der Waals surface area (Å²) >= 11 is 5.87. The van der Waals surface area contributed by atoms with Gasteiger partial charge in [0.05, 0.1) is 7.11 Å². The molecule has 0 aromatic heterocycles. The first-order valence-electron chi connectivity index (χ1n) is 6.56. The molecular formula is C17H19ClO2. The number of hydrogen-bond donors (Lipinski definition) is 0. The van der Waals surface area contributed by atoms with Crippen molar-refractivity contribution >= 4 is 11.6 Å². The molecule has 0 aliphatic rings. The smallest absolute Gasteiger partial charge is 0.161 e. The normalized spacial score (nSPS) is 10.4. The Morgan fingerprint density at radius 3 is 2.30 bits per heavy atom. The van der Waals surface area contributed by atoms with Gasteiger partial charge in [-0.25, -0.2) is 0 Å². The van der Waals surface area contributed by atoms with Crippen LogP contribution in [0.5, 0.6) is 11.5 Å². The van der Waals surface area contributed by atoms with E-state index in [-0.39, 0.29) is 0 Å². The summed E-state index contributed by atoms with van der Waals surface area (Å²) in [5.74, 6) is 1.92. The van der Waals surface area contributed by atoms with Crippen molar-refractivity contribution in [3.8, 4) is 11.5 Å². The van der Waals surface area contributed by atoms with Gasteiger partial charge in [0.25, 0.3) is 0 Å². The Morgan fingerprint density at radius 1 is 1.00 bits per heavy atom. The second kappa shape index (κ2) is 6.67. The highest BCUT2D eigenvalue weighted by Gasteiger charge is 2.08. The van der Waals surface area contributed by atoms with Crippen molar-refractivity contribution in [2.75, 3.05) is 7.11 Å². The highest BCUT2D eigenvalue weighted by Crippen LogP contribution is 2.30. The molecule has 2 nitrogen and oxygen atoms in total. The predicted molar refractivity (Wildman–Crippen MR) is 82.8 cm³/mol. The van der Waals surface area contributed by atoms with Crippen LogP contribution in [0, 0.1) is 13.8 Å². The fraction of sp³-hybridized carbons (Fsp3) is 0.294. The van der Waals surface area contributed by atoms with Crippen LogP contribution in [0.1, 0.15) is 22.3 Å². The van der Waals surface area contributed by atoms with Crippen molar-refractivity contribution in [2.24, 2.45) is 0 Å². The van der Waals surface area contributed by atoms with Gasteiger partial charge >= 0.3 is 0 Å². The summed E-state index contributed by atoms with van der Waals surface area (Å²) in [5.41, 5.74) is 4.70. The van der Waals surface area contributed by atoms with E-state index in [0.717, 1.165) is 17.1 Å². The largest absolute Gasteiger partial charge is 0.493 e. The van der Waals surface area contributed by atoms with Gasteiger partial charge in [0.15, 0.2) is 11.5 Å². The summed E-state index contributed by atoms with van der Waals surface area (Å²) in [5, 5.41) is 0. The second-order valence-electron chi connectivity index (χ2n) is 4.78. The fourth-order valence-electron chi connectivity index (χ4n) is 2.14. The van der Waals surface area contributed by atoms with E-state index in [1.54, 1.807) is 7.11 Å². The number of benzene rings is 2. The van der Waals surface area contributed by atoms with E-state index in [1.165, 1.54) is 16.7 Å². The molecule has 0 aliphatic heterocycles. The average Bonchev–Trinajstić information content (AvgIpc) is 2.46. The Bertz CT molecular complexity index is 573. The molecule has 3 heteroatoms. The number of hydrogen-bond acceptors (Lipinski definition) is 2. The van der Waals surface area contributed by atoms with Gasteiger partial charge in [0.1, 0.15) is 6.61 Å². The van der Waals surface area contributed by atoms with Crippen molar-refractivity contribution in [1.82, 2.24) is 0 Å². The Kier molecular flexibility index (Phi) is 4.91. The van der Waals surface area contributed by atoms with Gasteiger partial charge in [-0.1, -0.05) is 24.3 Å². The van der Waals surface area contributed by atoms with Crippen LogP contribution in [-0.2, 0) is 12.5 Å². The average molecular weight is 291 g/mol. The van der Waals surface area contributed by atoms with Gasteiger partial charge in [0, 0.05) is 5.88 Å². The number of ether oxygens (including phenoxy) is 2. The Labute approximate surface area is 125 Å². The molecule has 0 atom stereocenters. The van der Waals surface area contributed by atoms with E-state index >= 15 is 0 Å². The molecule has 0 amide bonds. The van der Waals surface area contributed by atoms with E-state index in [2.05, 4.69) is 32.0 Å². The van der Waals surface area contributed by atoms with Crippen LogP contribution >= 0.6 is 11.6 Å². The standard InChI is InChI=1S/C17H19ClO2/c1-12-5-4-6-13(2)15(12)11-20-17-9-14(10-18)7-8-16(17)19-3/h4-9H,10-11H2,1-3H3. The molecular weight excluding hydrogens is 272 g/mol. The summed E-state index contributed by atoms with van der Waals surface area (Å²) in [6.07, 6.45) is 0. The summed E-state index contributed by atoms with van der Waals surface area (Å²) in [7, 11) is 1.64. The van der Waals surface area contributed by atoms with Crippen molar-refractivity contribution in [1.29, 1.82) is 0 Å². The van der Waals surface area contributed by atoms with Gasteiger partial charge < -0.3 is 9.47 Å². The molecule has 20 heavy (non-hydrogen) atoms. The van der Waals surface area contributed by atoms with Crippen LogP contribution in [-0.4, -0.2) is 7.11 Å². The molecule has 2 aromatic rings. The number of aryl methyl sites for hydroxylation is 2. The number of halogens is 1. The van der Waals surface area contributed by atoms with E-state index in [0.29, 0.717) is 12.5 Å². The van der Waals surface area contributed by atoms with Gasteiger partial charge in [-0.3, -0.25) is 0 Å². The molecule has 2 aromatic carbocycles. The van der Waals surface area contributed by atoms with Gasteiger partial charge in [-0.15, -0.1) is 11.6 Å². The minimum atomic E-state index is 0.462. The summed E-state index contributed by atoms with van der Waals surface area (Å²) in [4.78, 5) is 0. The lowest BCUT2D eigenvalue weighted by Gasteiger charge is -2.14. The summed E-state index contributed by atoms with van der Waals surface area (Å²) in [6, 6.07) is 12.0. The minimum absolute atomic E-state index is 0.462. The maximum atomic E-state index is 5.93. The third-order valence-electron chi connectivity index (χ3n) is 3.40. The maximum absolute atomic E-state index is 5.93. The lowest BCUT2D eigenvalue weighted by atomic mass is 10.0. The molecule has 0 N–H and O–H groups in total. The van der Waals surface area contributed by atoms with Crippen LogP contribution in [0.3, 0.4) is 0 Å². The molecule has 0 saturated carbocycles. The van der Waals surface area contributed by atoms with Crippen LogP contribution in [0.4, 0.5) is 0 Å². The Hall–Kier alpha value is -1.67. The highest BCUT2D eigenvalue weighted by atomic mass is 35.5. The lowest BCUT2D eigenvalue weighted by Crippen LogP contribution is -2.02. The molecule has 0 heterocycles. The molecule has 0 fully saturated rings. The molecule has 106 valence electrons. The monoisotopic (exact) mass is 290 g/mol. The first-order valence-corrected chi connectivity index (χ1v) is 7.10. The summed E-state index contributed by atoms with van der Waals surface area (Å²) in [6.45, 7) is 4.72. The number of rotatable bonds is 5. The van der Waals surface area contributed by atoms with Crippen molar-refractivity contribution in [2.45, 2.75) is 26.3 Å². The van der Waals surface area contributed by atoms with Gasteiger partial charge in [-0.05, 0) is 48.2 Å². The third kappa shape index (κ3) is 3.26. The van der Waals surface area contributed by atoms with Crippen molar-refractivity contribution in [3.63, 3.8) is 0 Å². The number of methoxy groups -OCH3 is 1. The minimum Gasteiger partial charge on any atom is -0.493 e. The van der Waals surface area contributed by atoms with Crippen LogP contribution < -0.4 is 9.47 Å². The van der Waals surface area contributed by atoms with E-state index < -0.39 is 0 Å². The van der Waals surface area contributed by atoms with Crippen LogP contribution in [0.25, 0.3) is 0 Å². The zero-order valence-electron chi connectivity index (χ0n) is 12.1. The van der Waals surface area contributed by atoms with Gasteiger partial charge in [0.2, 0.25) is 0 Å². The third-order valence-corrected chi connectivity index (χ3v) is 3.71. The summed E-state index contributed by atoms with van der Waals surface area (Å²) < 4.78 is 11.3. The Morgan fingerprint density at radius 2 is 1.70 bits per heavy atom. The second-order valence-corrected chi connectivity index (χ2v) is 5.05. The van der Waals surface area contributed by atoms with Crippen LogP contribution in [0.2, 0.25) is 0 Å². The zero-order valence-corrected chi connectivity index (χ0v) is 12.8. The maximum Gasteiger partial charge on any atom is 0.161 e. The highest BCUT2D eigenvalue weighted by molar-refractivity contribution is 6.17. The Balaban J connectivity index is 2.22. The van der Waals surface area contributed by atoms with E-state index in [1.807, 2.05) is 18.2 Å². The molecule has 0 saturated heterocycles. The molecule has 0 bridgehead atoms. The first kappa shape index (κ1) is 14.7. The van der Waals surface area contributed by atoms with Crippen molar-refractivity contribution < 1.29 is 9.47 Å². The lowest BCUT2D eigenvalue weighted by molar-refractivity contribution is 0.283. The quantitative estimate of drug-likeness (QED) is 0.748. The topological polar surface area (TPSA) is 18.5 Å². The van der Waals surface area contributed by atoms with Crippen molar-refractivity contribution in [3.05, 3.63) is 58.7 Å². The fourth-order valence-corrected chi connectivity index (χ4v) is 2.31. The molecule has 0 radical (unpaired) electrons. The first-order chi connectivity index (χ1) is 9.65. The number of alkyl halides is 1. The SMILES string of the molecule is COc1ccc(CCl)cc1OCc1c(C)cccc1C. The van der Waals surface area contributed by atoms with E-state index in [4.69, 9.17) is 21.1 Å². The molecule has 2 rings (SSSR count).